The lowest BCUT2D eigenvalue weighted by molar-refractivity contribution is -0.152. The summed E-state index contributed by atoms with van der Waals surface area (Å²) in [6, 6.07) is 13.6. The molecule has 0 spiro atoms. The van der Waals surface area contributed by atoms with Gasteiger partial charge in [0.25, 0.3) is 0 Å². The van der Waals surface area contributed by atoms with E-state index in [0.29, 0.717) is 10.2 Å². The maximum Gasteiger partial charge on any atom is 0.397 e. The molecule has 3 aromatic rings. The highest BCUT2D eigenvalue weighted by Gasteiger charge is 2.23. The topological polar surface area (TPSA) is 92.1 Å². The lowest BCUT2D eigenvalue weighted by Crippen LogP contribution is -2.25. The minimum Gasteiger partial charge on any atom is -0.459 e. The molecule has 0 saturated carbocycles. The first-order valence-corrected chi connectivity index (χ1v) is 8.74. The van der Waals surface area contributed by atoms with Crippen LogP contribution in [0.3, 0.4) is 0 Å². The number of anilines is 1. The Bertz CT molecular complexity index is 1040. The van der Waals surface area contributed by atoms with Crippen LogP contribution >= 0.6 is 11.3 Å². The van der Waals surface area contributed by atoms with Gasteiger partial charge in [-0.15, -0.1) is 11.3 Å². The van der Waals surface area contributed by atoms with Crippen LogP contribution in [0.25, 0.3) is 21.3 Å². The standard InChI is InChI=1S/C19H15N3O3S/c1-3-25-19(24)17(23)22-16-14(10-20)26-18-15(16)13(9-11(2)21-18)12-7-5-4-6-8-12/h4-9H,3H2,1-2H3,(H,22,23). The summed E-state index contributed by atoms with van der Waals surface area (Å²) in [5.74, 6) is -1.90. The number of esters is 1. The van der Waals surface area contributed by atoms with E-state index in [2.05, 4.69) is 16.4 Å². The Morgan fingerprint density at radius 2 is 2.04 bits per heavy atom. The monoisotopic (exact) mass is 365 g/mol. The molecule has 26 heavy (non-hydrogen) atoms. The van der Waals surface area contributed by atoms with E-state index in [4.69, 9.17) is 4.74 Å². The zero-order valence-electron chi connectivity index (χ0n) is 14.2. The van der Waals surface area contributed by atoms with E-state index in [1.165, 1.54) is 11.3 Å². The van der Waals surface area contributed by atoms with E-state index in [9.17, 15) is 14.9 Å². The number of amides is 1. The number of carbonyl (C=O) groups excluding carboxylic acids is 2. The number of pyridine rings is 1. The van der Waals surface area contributed by atoms with Crippen LogP contribution in [0, 0.1) is 18.3 Å². The summed E-state index contributed by atoms with van der Waals surface area (Å²) in [6.07, 6.45) is 0. The smallest absolute Gasteiger partial charge is 0.397 e. The number of fused-ring (bicyclic) bond motifs is 1. The number of aromatic nitrogens is 1. The zero-order chi connectivity index (χ0) is 18.7. The predicted octanol–water partition coefficient (Wildman–Crippen LogP) is 3.65. The number of thiophene rings is 1. The van der Waals surface area contributed by atoms with E-state index < -0.39 is 11.9 Å². The van der Waals surface area contributed by atoms with E-state index in [-0.39, 0.29) is 17.2 Å². The molecule has 0 saturated heterocycles. The molecule has 0 aliphatic heterocycles. The average Bonchev–Trinajstić information content (AvgIpc) is 2.99. The van der Waals surface area contributed by atoms with Crippen molar-refractivity contribution in [2.75, 3.05) is 11.9 Å². The van der Waals surface area contributed by atoms with Gasteiger partial charge in [-0.05, 0) is 31.0 Å². The molecule has 0 atom stereocenters. The Labute approximate surface area is 154 Å². The summed E-state index contributed by atoms with van der Waals surface area (Å²) in [5.41, 5.74) is 2.85. The number of carbonyl (C=O) groups is 2. The van der Waals surface area contributed by atoms with Crippen LogP contribution in [-0.4, -0.2) is 23.5 Å². The fourth-order valence-electron chi connectivity index (χ4n) is 2.63. The van der Waals surface area contributed by atoms with Gasteiger partial charge in [-0.3, -0.25) is 4.79 Å². The Morgan fingerprint density at radius 1 is 1.31 bits per heavy atom. The van der Waals surface area contributed by atoms with Crippen LogP contribution in [0.1, 0.15) is 17.5 Å². The fraction of sp³-hybridized carbons (Fsp3) is 0.158. The van der Waals surface area contributed by atoms with Gasteiger partial charge in [0, 0.05) is 11.1 Å². The van der Waals surface area contributed by atoms with Crippen LogP contribution < -0.4 is 5.32 Å². The number of nitrogens with one attached hydrogen (secondary N) is 1. The molecule has 1 amide bonds. The molecular formula is C19H15N3O3S. The highest BCUT2D eigenvalue weighted by atomic mass is 32.1. The van der Waals surface area contributed by atoms with Gasteiger partial charge in [-0.25, -0.2) is 9.78 Å². The molecule has 0 unspecified atom stereocenters. The SMILES string of the molecule is CCOC(=O)C(=O)Nc1c(C#N)sc2nc(C)cc(-c3ccccc3)c12. The molecule has 2 aromatic heterocycles. The summed E-state index contributed by atoms with van der Waals surface area (Å²) < 4.78 is 4.73. The van der Waals surface area contributed by atoms with Crippen molar-refractivity contribution in [1.29, 1.82) is 5.26 Å². The van der Waals surface area contributed by atoms with Gasteiger partial charge >= 0.3 is 11.9 Å². The van der Waals surface area contributed by atoms with Crippen molar-refractivity contribution in [2.45, 2.75) is 13.8 Å². The fourth-order valence-corrected chi connectivity index (χ4v) is 3.62. The highest BCUT2D eigenvalue weighted by molar-refractivity contribution is 7.20. The van der Waals surface area contributed by atoms with Crippen molar-refractivity contribution in [2.24, 2.45) is 0 Å². The summed E-state index contributed by atoms with van der Waals surface area (Å²) in [5, 5.41) is 12.6. The first-order chi connectivity index (χ1) is 12.5. The maximum absolute atomic E-state index is 12.1. The normalized spacial score (nSPS) is 10.3. The predicted molar refractivity (Wildman–Crippen MR) is 99.8 cm³/mol. The molecule has 0 aliphatic rings. The summed E-state index contributed by atoms with van der Waals surface area (Å²) >= 11 is 1.17. The Morgan fingerprint density at radius 3 is 2.69 bits per heavy atom. The Kier molecular flexibility index (Phi) is 4.96. The second kappa shape index (κ2) is 7.33. The molecule has 130 valence electrons. The largest absolute Gasteiger partial charge is 0.459 e. The number of aryl methyl sites for hydroxylation is 1. The summed E-state index contributed by atoms with van der Waals surface area (Å²) in [4.78, 5) is 29.2. The minimum absolute atomic E-state index is 0.0950. The van der Waals surface area contributed by atoms with Crippen molar-refractivity contribution in [3.05, 3.63) is 47.0 Å². The molecule has 0 aliphatic carbocycles. The van der Waals surface area contributed by atoms with Crippen LogP contribution in [0.2, 0.25) is 0 Å². The van der Waals surface area contributed by atoms with Gasteiger partial charge in [-0.2, -0.15) is 5.26 Å². The number of nitriles is 1. The first-order valence-electron chi connectivity index (χ1n) is 7.93. The minimum atomic E-state index is -0.989. The molecule has 2 heterocycles. The summed E-state index contributed by atoms with van der Waals surface area (Å²) in [6.45, 7) is 3.58. The Hall–Kier alpha value is -3.24. The van der Waals surface area contributed by atoms with Crippen molar-refractivity contribution in [3.8, 4) is 17.2 Å². The van der Waals surface area contributed by atoms with Crippen LogP contribution in [0.4, 0.5) is 5.69 Å². The zero-order valence-corrected chi connectivity index (χ0v) is 15.0. The first kappa shape index (κ1) is 17.6. The number of hydrogen-bond donors (Lipinski definition) is 1. The molecule has 3 rings (SSSR count). The second-order valence-electron chi connectivity index (χ2n) is 5.45. The number of ether oxygens (including phenoxy) is 1. The van der Waals surface area contributed by atoms with Gasteiger partial charge in [-0.1, -0.05) is 30.3 Å². The van der Waals surface area contributed by atoms with Gasteiger partial charge < -0.3 is 10.1 Å². The molecule has 0 radical (unpaired) electrons. The van der Waals surface area contributed by atoms with Crippen molar-refractivity contribution >= 4 is 39.1 Å². The van der Waals surface area contributed by atoms with Gasteiger partial charge in [0.2, 0.25) is 0 Å². The molecule has 7 heteroatoms. The molecular weight excluding hydrogens is 350 g/mol. The maximum atomic E-state index is 12.1. The summed E-state index contributed by atoms with van der Waals surface area (Å²) in [7, 11) is 0. The van der Waals surface area contributed by atoms with Crippen molar-refractivity contribution in [1.82, 2.24) is 4.98 Å². The van der Waals surface area contributed by atoms with Gasteiger partial charge in [0.15, 0.2) is 0 Å². The molecule has 6 nitrogen and oxygen atoms in total. The quantitative estimate of drug-likeness (QED) is 0.565. The average molecular weight is 365 g/mol. The number of nitrogens with zero attached hydrogens (tertiary/aromatic N) is 2. The number of rotatable bonds is 3. The third kappa shape index (κ3) is 3.27. The molecule has 1 aromatic carbocycles. The highest BCUT2D eigenvalue weighted by Crippen LogP contribution is 2.41. The van der Waals surface area contributed by atoms with Crippen LogP contribution in [0.15, 0.2) is 36.4 Å². The van der Waals surface area contributed by atoms with E-state index in [1.807, 2.05) is 43.3 Å². The van der Waals surface area contributed by atoms with Gasteiger partial charge in [0.1, 0.15) is 15.8 Å². The molecule has 1 N–H and O–H groups in total. The van der Waals surface area contributed by atoms with Crippen LogP contribution in [-0.2, 0) is 14.3 Å². The molecule has 0 fully saturated rings. The lowest BCUT2D eigenvalue weighted by Gasteiger charge is -2.09. The van der Waals surface area contributed by atoms with Crippen molar-refractivity contribution < 1.29 is 14.3 Å². The van der Waals surface area contributed by atoms with E-state index in [0.717, 1.165) is 16.8 Å². The van der Waals surface area contributed by atoms with E-state index >= 15 is 0 Å². The third-order valence-corrected chi connectivity index (χ3v) is 4.66. The molecule has 0 bridgehead atoms. The van der Waals surface area contributed by atoms with E-state index in [1.54, 1.807) is 6.92 Å². The Balaban J connectivity index is 2.20. The number of benzene rings is 1. The van der Waals surface area contributed by atoms with Crippen LogP contribution in [0.5, 0.6) is 0 Å². The van der Waals surface area contributed by atoms with Crippen molar-refractivity contribution in [3.63, 3.8) is 0 Å². The van der Waals surface area contributed by atoms with Gasteiger partial charge in [0.05, 0.1) is 12.3 Å². The number of hydrogen-bond acceptors (Lipinski definition) is 6. The lowest BCUT2D eigenvalue weighted by atomic mass is 10.0. The second-order valence-corrected chi connectivity index (χ2v) is 6.45. The third-order valence-electron chi connectivity index (χ3n) is 3.68.